The second-order valence-corrected chi connectivity index (χ2v) is 3.91. The fraction of sp³-hybridized carbons (Fsp3) is 0.333. The predicted molar refractivity (Wildman–Crippen MR) is 52.0 cm³/mol. The zero-order chi connectivity index (χ0) is 9.68. The highest BCUT2D eigenvalue weighted by Crippen LogP contribution is 2.32. The van der Waals surface area contributed by atoms with Gasteiger partial charge in [0.05, 0.1) is 0 Å². The summed E-state index contributed by atoms with van der Waals surface area (Å²) < 4.78 is 4.01. The second kappa shape index (κ2) is 4.72. The van der Waals surface area contributed by atoms with Crippen LogP contribution in [-0.4, -0.2) is 10.1 Å². The van der Waals surface area contributed by atoms with E-state index in [-0.39, 0.29) is 0 Å². The van der Waals surface area contributed by atoms with Crippen molar-refractivity contribution >= 4 is 28.3 Å². The molecule has 0 aliphatic heterocycles. The van der Waals surface area contributed by atoms with Crippen molar-refractivity contribution < 1.29 is 0 Å². The third kappa shape index (κ3) is 2.12. The monoisotopic (exact) mass is 211 g/mol. The summed E-state index contributed by atoms with van der Waals surface area (Å²) in [5.41, 5.74) is 8.58. The highest BCUT2D eigenvalue weighted by Gasteiger charge is 2.11. The molecule has 0 saturated heterocycles. The second-order valence-electron chi connectivity index (χ2n) is 1.90. The van der Waals surface area contributed by atoms with Gasteiger partial charge in [0.1, 0.15) is 21.7 Å². The molecule has 1 rings (SSSR count). The Morgan fingerprint density at radius 2 is 2.62 bits per heavy atom. The molecule has 0 radical (unpaired) electrons. The number of thioether (sulfide) groups is 1. The lowest BCUT2D eigenvalue weighted by Gasteiger charge is -1.90. The largest absolute Gasteiger partial charge is 0.192 e. The molecule has 0 spiro atoms. The molecule has 7 heteroatoms. The molecule has 1 aromatic rings. The Kier molecular flexibility index (Phi) is 3.58. The summed E-state index contributed by atoms with van der Waals surface area (Å²) in [5, 5.41) is 13.1. The van der Waals surface area contributed by atoms with E-state index in [1.54, 1.807) is 0 Å². The van der Waals surface area contributed by atoms with Crippen molar-refractivity contribution in [2.75, 3.05) is 5.75 Å². The van der Waals surface area contributed by atoms with Crippen LogP contribution in [0.1, 0.15) is 12.5 Å². The van der Waals surface area contributed by atoms with Gasteiger partial charge < -0.3 is 0 Å². The van der Waals surface area contributed by atoms with E-state index in [1.807, 2.05) is 13.0 Å². The molecule has 0 saturated carbocycles. The zero-order valence-corrected chi connectivity index (χ0v) is 8.39. The van der Waals surface area contributed by atoms with Crippen LogP contribution in [0.5, 0.6) is 0 Å². The molecule has 1 heterocycles. The van der Waals surface area contributed by atoms with Crippen molar-refractivity contribution in [3.05, 3.63) is 16.0 Å². The molecule has 0 N–H and O–H groups in total. The van der Waals surface area contributed by atoms with Crippen LogP contribution in [0.4, 0.5) is 5.00 Å². The standard InChI is InChI=1S/C6H5N5S2/c1-2-12-6-4(3-7)5(9-11-8)13-10-6/h2H2,1H3. The molecule has 1 aromatic heterocycles. The van der Waals surface area contributed by atoms with E-state index in [4.69, 9.17) is 10.8 Å². The molecular weight excluding hydrogens is 206 g/mol. The van der Waals surface area contributed by atoms with Crippen LogP contribution in [0.3, 0.4) is 0 Å². The van der Waals surface area contributed by atoms with E-state index in [9.17, 15) is 0 Å². The number of azide groups is 1. The third-order valence-corrected chi connectivity index (χ3v) is 2.88. The first-order valence-electron chi connectivity index (χ1n) is 3.41. The molecule has 0 aliphatic carbocycles. The van der Waals surface area contributed by atoms with Crippen LogP contribution in [-0.2, 0) is 0 Å². The molecule has 0 aromatic carbocycles. The van der Waals surface area contributed by atoms with Gasteiger partial charge in [-0.25, -0.2) is 0 Å². The summed E-state index contributed by atoms with van der Waals surface area (Å²) in [6, 6.07) is 1.98. The van der Waals surface area contributed by atoms with E-state index >= 15 is 0 Å². The SMILES string of the molecule is CCSc1nsc(N=[N+]=[N-])c1C#N. The van der Waals surface area contributed by atoms with E-state index in [0.29, 0.717) is 15.6 Å². The number of aromatic nitrogens is 1. The summed E-state index contributed by atoms with van der Waals surface area (Å²) in [6.45, 7) is 1.97. The third-order valence-electron chi connectivity index (χ3n) is 1.17. The maximum atomic E-state index is 8.76. The Morgan fingerprint density at radius 1 is 1.85 bits per heavy atom. The minimum Gasteiger partial charge on any atom is -0.192 e. The molecule has 66 valence electrons. The average Bonchev–Trinajstić information content (AvgIpc) is 2.49. The highest BCUT2D eigenvalue weighted by atomic mass is 32.2. The van der Waals surface area contributed by atoms with Crippen LogP contribution in [0, 0.1) is 11.3 Å². The van der Waals surface area contributed by atoms with Crippen molar-refractivity contribution in [2.24, 2.45) is 5.11 Å². The van der Waals surface area contributed by atoms with Gasteiger partial charge in [0.2, 0.25) is 0 Å². The van der Waals surface area contributed by atoms with Crippen LogP contribution in [0.15, 0.2) is 10.1 Å². The van der Waals surface area contributed by atoms with Gasteiger partial charge in [-0.05, 0) is 27.9 Å². The summed E-state index contributed by atoms with van der Waals surface area (Å²) in [7, 11) is 0. The Bertz CT molecular complexity index is 384. The smallest absolute Gasteiger partial charge is 0.130 e. The molecular formula is C6H5N5S2. The first-order chi connectivity index (χ1) is 6.33. The van der Waals surface area contributed by atoms with Crippen LogP contribution in [0.2, 0.25) is 0 Å². The maximum absolute atomic E-state index is 8.76. The van der Waals surface area contributed by atoms with Gasteiger partial charge in [0, 0.05) is 4.91 Å². The molecule has 0 amide bonds. The van der Waals surface area contributed by atoms with Crippen LogP contribution < -0.4 is 0 Å². The molecule has 0 bridgehead atoms. The fourth-order valence-electron chi connectivity index (χ4n) is 0.707. The van der Waals surface area contributed by atoms with Crippen LogP contribution >= 0.6 is 23.3 Å². The zero-order valence-electron chi connectivity index (χ0n) is 6.76. The molecule has 0 fully saturated rings. The van der Waals surface area contributed by atoms with Gasteiger partial charge in [-0.3, -0.25) is 0 Å². The van der Waals surface area contributed by atoms with Gasteiger partial charge in [-0.1, -0.05) is 6.92 Å². The average molecular weight is 211 g/mol. The molecule has 0 unspecified atom stereocenters. The van der Waals surface area contributed by atoms with E-state index in [1.165, 1.54) is 11.8 Å². The minimum atomic E-state index is 0.348. The molecule has 5 nitrogen and oxygen atoms in total. The molecule has 0 aliphatic rings. The van der Waals surface area contributed by atoms with Crippen molar-refractivity contribution in [3.63, 3.8) is 0 Å². The Labute approximate surface area is 83.2 Å². The van der Waals surface area contributed by atoms with E-state index in [2.05, 4.69) is 14.4 Å². The van der Waals surface area contributed by atoms with Crippen LogP contribution in [0.25, 0.3) is 10.4 Å². The first-order valence-corrected chi connectivity index (χ1v) is 5.17. The first kappa shape index (κ1) is 9.86. The van der Waals surface area contributed by atoms with E-state index in [0.717, 1.165) is 17.3 Å². The number of rotatable bonds is 3. The van der Waals surface area contributed by atoms with Gasteiger partial charge in [0.15, 0.2) is 0 Å². The van der Waals surface area contributed by atoms with Gasteiger partial charge >= 0.3 is 0 Å². The van der Waals surface area contributed by atoms with Gasteiger partial charge in [0.25, 0.3) is 0 Å². The quantitative estimate of drug-likeness (QED) is 0.333. The number of nitrogens with zero attached hydrogens (tertiary/aromatic N) is 5. The lowest BCUT2D eigenvalue weighted by Crippen LogP contribution is -1.76. The lowest BCUT2D eigenvalue weighted by molar-refractivity contribution is 1.24. The number of hydrogen-bond donors (Lipinski definition) is 0. The molecule has 13 heavy (non-hydrogen) atoms. The summed E-state index contributed by atoms with van der Waals surface area (Å²) in [5.74, 6) is 0.841. The highest BCUT2D eigenvalue weighted by molar-refractivity contribution is 7.99. The Balaban J connectivity index is 3.12. The topological polar surface area (TPSA) is 85.4 Å². The van der Waals surface area contributed by atoms with Gasteiger partial charge in [-0.2, -0.15) is 9.64 Å². The fourth-order valence-corrected chi connectivity index (χ4v) is 2.22. The summed E-state index contributed by atoms with van der Waals surface area (Å²) >= 11 is 2.52. The maximum Gasteiger partial charge on any atom is 0.130 e. The van der Waals surface area contributed by atoms with Crippen molar-refractivity contribution in [1.82, 2.24) is 4.37 Å². The van der Waals surface area contributed by atoms with E-state index < -0.39 is 0 Å². The number of nitriles is 1. The number of hydrogen-bond acceptors (Lipinski definition) is 5. The Morgan fingerprint density at radius 3 is 3.15 bits per heavy atom. The lowest BCUT2D eigenvalue weighted by atomic mass is 10.4. The summed E-state index contributed by atoms with van der Waals surface area (Å²) in [6.07, 6.45) is 0. The van der Waals surface area contributed by atoms with Crippen molar-refractivity contribution in [1.29, 1.82) is 5.26 Å². The molecule has 0 atom stereocenters. The van der Waals surface area contributed by atoms with Crippen molar-refractivity contribution in [3.8, 4) is 6.07 Å². The normalized spacial score (nSPS) is 8.92. The summed E-state index contributed by atoms with van der Waals surface area (Å²) in [4.78, 5) is 2.62. The predicted octanol–water partition coefficient (Wildman–Crippen LogP) is 3.07. The van der Waals surface area contributed by atoms with Crippen molar-refractivity contribution in [2.45, 2.75) is 11.9 Å². The minimum absolute atomic E-state index is 0.348. The Hall–Kier alpha value is -1.22. The van der Waals surface area contributed by atoms with Gasteiger partial charge in [-0.15, -0.1) is 11.8 Å².